The summed E-state index contributed by atoms with van der Waals surface area (Å²) in [5.74, 6) is 0. The summed E-state index contributed by atoms with van der Waals surface area (Å²) in [6.45, 7) is 4.44. The molecule has 0 saturated carbocycles. The van der Waals surface area contributed by atoms with Crippen LogP contribution >= 0.6 is 15.9 Å². The second kappa shape index (κ2) is 8.31. The molecule has 0 unspecified atom stereocenters. The van der Waals surface area contributed by atoms with Crippen LogP contribution in [0.2, 0.25) is 0 Å². The smallest absolute Gasteiger partial charge is 0.321 e. The van der Waals surface area contributed by atoms with Crippen LogP contribution in [0.5, 0.6) is 0 Å². The average molecular weight is 388 g/mol. The number of amides is 2. The topological polar surface area (TPSA) is 35.6 Å². The highest BCUT2D eigenvalue weighted by molar-refractivity contribution is 9.10. The van der Waals surface area contributed by atoms with E-state index >= 15 is 0 Å². The third-order valence-corrected chi connectivity index (χ3v) is 5.03. The lowest BCUT2D eigenvalue weighted by Gasteiger charge is -2.34. The zero-order valence-electron chi connectivity index (χ0n) is 13.6. The van der Waals surface area contributed by atoms with Crippen molar-refractivity contribution in [3.05, 3.63) is 64.6 Å². The quantitative estimate of drug-likeness (QED) is 0.864. The van der Waals surface area contributed by atoms with Gasteiger partial charge in [0.05, 0.1) is 5.69 Å². The lowest BCUT2D eigenvalue weighted by atomic mass is 10.1. The van der Waals surface area contributed by atoms with E-state index in [2.05, 4.69) is 50.4 Å². The highest BCUT2D eigenvalue weighted by Crippen LogP contribution is 2.21. The van der Waals surface area contributed by atoms with Crippen molar-refractivity contribution in [2.45, 2.75) is 6.42 Å². The van der Waals surface area contributed by atoms with E-state index in [0.29, 0.717) is 0 Å². The minimum absolute atomic E-state index is 0.0235. The highest BCUT2D eigenvalue weighted by atomic mass is 79.9. The summed E-state index contributed by atoms with van der Waals surface area (Å²) in [5, 5.41) is 2.97. The van der Waals surface area contributed by atoms with Crippen LogP contribution in [0.15, 0.2) is 59.1 Å². The number of hydrogen-bond acceptors (Lipinski definition) is 2. The first-order valence-electron chi connectivity index (χ1n) is 8.29. The molecule has 1 aliphatic rings. The van der Waals surface area contributed by atoms with Crippen molar-refractivity contribution < 1.29 is 4.79 Å². The molecule has 1 N–H and O–H groups in total. The summed E-state index contributed by atoms with van der Waals surface area (Å²) in [6.07, 6.45) is 1.06. The van der Waals surface area contributed by atoms with Crippen LogP contribution in [0.4, 0.5) is 10.5 Å². The van der Waals surface area contributed by atoms with Crippen LogP contribution in [0.25, 0.3) is 0 Å². The van der Waals surface area contributed by atoms with Gasteiger partial charge in [0, 0.05) is 37.2 Å². The molecular formula is C19H22BrN3O. The molecule has 1 fully saturated rings. The zero-order valence-corrected chi connectivity index (χ0v) is 15.2. The minimum atomic E-state index is -0.0235. The predicted octanol–water partition coefficient (Wildman–Crippen LogP) is 3.84. The predicted molar refractivity (Wildman–Crippen MR) is 101 cm³/mol. The summed E-state index contributed by atoms with van der Waals surface area (Å²) in [5.41, 5.74) is 2.18. The van der Waals surface area contributed by atoms with Gasteiger partial charge in [-0.05, 0) is 40.0 Å². The van der Waals surface area contributed by atoms with E-state index in [1.807, 2.05) is 35.2 Å². The number of halogens is 1. The molecule has 0 aromatic heterocycles. The highest BCUT2D eigenvalue weighted by Gasteiger charge is 2.21. The lowest BCUT2D eigenvalue weighted by Crippen LogP contribution is -2.50. The van der Waals surface area contributed by atoms with Crippen LogP contribution < -0.4 is 5.32 Å². The van der Waals surface area contributed by atoms with Gasteiger partial charge in [0.25, 0.3) is 0 Å². The van der Waals surface area contributed by atoms with Crippen LogP contribution in [0.3, 0.4) is 0 Å². The number of carbonyl (C=O) groups is 1. The number of para-hydroxylation sites is 1. The fourth-order valence-electron chi connectivity index (χ4n) is 2.86. The van der Waals surface area contributed by atoms with Crippen molar-refractivity contribution in [3.63, 3.8) is 0 Å². The van der Waals surface area contributed by atoms with Crippen molar-refractivity contribution >= 4 is 27.6 Å². The van der Waals surface area contributed by atoms with E-state index < -0.39 is 0 Å². The summed E-state index contributed by atoms with van der Waals surface area (Å²) >= 11 is 3.46. The normalized spacial score (nSPS) is 15.3. The van der Waals surface area contributed by atoms with Gasteiger partial charge < -0.3 is 10.2 Å². The van der Waals surface area contributed by atoms with Gasteiger partial charge in [-0.25, -0.2) is 4.79 Å². The number of anilines is 1. The number of piperazine rings is 1. The molecule has 24 heavy (non-hydrogen) atoms. The summed E-state index contributed by atoms with van der Waals surface area (Å²) in [6, 6.07) is 18.2. The van der Waals surface area contributed by atoms with Crippen molar-refractivity contribution in [1.29, 1.82) is 0 Å². The number of urea groups is 1. The summed E-state index contributed by atoms with van der Waals surface area (Å²) < 4.78 is 0.903. The molecule has 0 bridgehead atoms. The van der Waals surface area contributed by atoms with E-state index in [-0.39, 0.29) is 6.03 Å². The van der Waals surface area contributed by atoms with Crippen molar-refractivity contribution in [2.75, 3.05) is 38.0 Å². The average Bonchev–Trinajstić information content (AvgIpc) is 2.63. The van der Waals surface area contributed by atoms with Gasteiger partial charge in [-0.3, -0.25) is 4.90 Å². The Labute approximate surface area is 151 Å². The van der Waals surface area contributed by atoms with Gasteiger partial charge in [0.2, 0.25) is 0 Å². The van der Waals surface area contributed by atoms with E-state index in [0.717, 1.165) is 49.3 Å². The van der Waals surface area contributed by atoms with Gasteiger partial charge in [-0.1, -0.05) is 42.5 Å². The molecule has 1 heterocycles. The standard InChI is InChI=1S/C19H22BrN3O/c20-17-8-4-5-9-18(17)21-19(24)23-14-12-22(13-15-23)11-10-16-6-2-1-3-7-16/h1-9H,10-15H2,(H,21,24). The first-order chi connectivity index (χ1) is 11.7. The number of nitrogens with zero attached hydrogens (tertiary/aromatic N) is 2. The Kier molecular flexibility index (Phi) is 5.88. The largest absolute Gasteiger partial charge is 0.322 e. The van der Waals surface area contributed by atoms with Gasteiger partial charge >= 0.3 is 6.03 Å². The van der Waals surface area contributed by atoms with E-state index in [4.69, 9.17) is 0 Å². The van der Waals surface area contributed by atoms with Crippen molar-refractivity contribution in [2.24, 2.45) is 0 Å². The molecule has 0 spiro atoms. The number of hydrogen-bond donors (Lipinski definition) is 1. The number of benzene rings is 2. The Morgan fingerprint density at radius 3 is 2.33 bits per heavy atom. The molecule has 5 heteroatoms. The molecule has 3 rings (SSSR count). The minimum Gasteiger partial charge on any atom is -0.322 e. The molecule has 1 aliphatic heterocycles. The third kappa shape index (κ3) is 4.58. The lowest BCUT2D eigenvalue weighted by molar-refractivity contribution is 0.148. The maximum absolute atomic E-state index is 12.4. The second-order valence-electron chi connectivity index (χ2n) is 5.97. The summed E-state index contributed by atoms with van der Waals surface area (Å²) in [7, 11) is 0. The molecule has 0 radical (unpaired) electrons. The van der Waals surface area contributed by atoms with E-state index in [1.165, 1.54) is 5.56 Å². The van der Waals surface area contributed by atoms with E-state index in [1.54, 1.807) is 0 Å². The Balaban J connectivity index is 1.44. The number of rotatable bonds is 4. The third-order valence-electron chi connectivity index (χ3n) is 4.33. The molecule has 1 saturated heterocycles. The van der Waals surface area contributed by atoms with E-state index in [9.17, 15) is 4.79 Å². The SMILES string of the molecule is O=C(Nc1ccccc1Br)N1CCN(CCc2ccccc2)CC1. The zero-order chi connectivity index (χ0) is 16.8. The number of nitrogens with one attached hydrogen (secondary N) is 1. The Morgan fingerprint density at radius 2 is 1.62 bits per heavy atom. The van der Waals surface area contributed by atoms with Gasteiger partial charge in [-0.2, -0.15) is 0 Å². The van der Waals surface area contributed by atoms with Crippen molar-refractivity contribution in [3.8, 4) is 0 Å². The molecular weight excluding hydrogens is 366 g/mol. The second-order valence-corrected chi connectivity index (χ2v) is 6.83. The van der Waals surface area contributed by atoms with Crippen LogP contribution in [-0.4, -0.2) is 48.6 Å². The monoisotopic (exact) mass is 387 g/mol. The fourth-order valence-corrected chi connectivity index (χ4v) is 3.25. The Morgan fingerprint density at radius 1 is 0.958 bits per heavy atom. The van der Waals surface area contributed by atoms with Gasteiger partial charge in [-0.15, -0.1) is 0 Å². The molecule has 2 amide bonds. The maximum atomic E-state index is 12.4. The van der Waals surface area contributed by atoms with Crippen molar-refractivity contribution in [1.82, 2.24) is 9.80 Å². The molecule has 0 aliphatic carbocycles. The fraction of sp³-hybridized carbons (Fsp3) is 0.316. The van der Waals surface area contributed by atoms with Crippen LogP contribution in [0.1, 0.15) is 5.56 Å². The molecule has 2 aromatic rings. The Hall–Kier alpha value is -1.85. The van der Waals surface area contributed by atoms with Crippen LogP contribution in [0, 0.1) is 0 Å². The summed E-state index contributed by atoms with van der Waals surface area (Å²) in [4.78, 5) is 16.7. The first-order valence-corrected chi connectivity index (χ1v) is 9.08. The first kappa shape index (κ1) is 17.0. The number of carbonyl (C=O) groups excluding carboxylic acids is 1. The molecule has 126 valence electrons. The maximum Gasteiger partial charge on any atom is 0.321 e. The molecule has 4 nitrogen and oxygen atoms in total. The van der Waals surface area contributed by atoms with Gasteiger partial charge in [0.1, 0.15) is 0 Å². The Bertz CT molecular complexity index is 669. The molecule has 2 aromatic carbocycles. The van der Waals surface area contributed by atoms with Crippen LogP contribution in [-0.2, 0) is 6.42 Å². The van der Waals surface area contributed by atoms with Gasteiger partial charge in [0.15, 0.2) is 0 Å². The molecule has 0 atom stereocenters.